The number of carbonyl (C=O) groups excluding carboxylic acids is 1. The number of ether oxygens (including phenoxy) is 1. The molecule has 2 aromatic rings. The number of hydrogen-bond donors (Lipinski definition) is 3. The van der Waals surface area contributed by atoms with Crippen LogP contribution in [0.1, 0.15) is 24.8 Å². The minimum Gasteiger partial charge on any atom is -0.490 e. The lowest BCUT2D eigenvalue weighted by molar-refractivity contribution is -0.122. The van der Waals surface area contributed by atoms with Gasteiger partial charge < -0.3 is 26.0 Å². The highest BCUT2D eigenvalue weighted by Gasteiger charge is 2.47. The maximum atomic E-state index is 14.5. The van der Waals surface area contributed by atoms with E-state index < -0.39 is 5.82 Å². The molecule has 0 unspecified atom stereocenters. The molecule has 4 atom stereocenters. The molecule has 2 bridgehead atoms. The van der Waals surface area contributed by atoms with Gasteiger partial charge in [0.05, 0.1) is 12.1 Å². The number of anilines is 3. The van der Waals surface area contributed by atoms with Crippen molar-refractivity contribution in [3.05, 3.63) is 47.9 Å². The van der Waals surface area contributed by atoms with Crippen LogP contribution >= 0.6 is 0 Å². The molecule has 2 fully saturated rings. The lowest BCUT2D eigenvalue weighted by Crippen LogP contribution is -2.41. The van der Waals surface area contributed by atoms with Crippen molar-refractivity contribution in [2.45, 2.75) is 38.3 Å². The van der Waals surface area contributed by atoms with Crippen molar-refractivity contribution in [2.24, 2.45) is 23.5 Å². The summed E-state index contributed by atoms with van der Waals surface area (Å²) >= 11 is 0. The van der Waals surface area contributed by atoms with Crippen LogP contribution < -0.4 is 21.1 Å². The highest BCUT2D eigenvalue weighted by atomic mass is 19.1. The highest BCUT2D eigenvalue weighted by molar-refractivity contribution is 5.79. The van der Waals surface area contributed by atoms with E-state index in [1.807, 2.05) is 31.2 Å². The maximum absolute atomic E-state index is 14.5. The molecule has 2 heterocycles. The molecule has 4 N–H and O–H groups in total. The van der Waals surface area contributed by atoms with E-state index in [0.717, 1.165) is 55.5 Å². The van der Waals surface area contributed by atoms with Crippen LogP contribution in [0, 0.1) is 30.5 Å². The largest absolute Gasteiger partial charge is 0.490 e. The van der Waals surface area contributed by atoms with Gasteiger partial charge in [-0.1, -0.05) is 12.2 Å². The molecule has 34 heavy (non-hydrogen) atoms. The summed E-state index contributed by atoms with van der Waals surface area (Å²) in [5, 5.41) is 6.27. The second-order valence-corrected chi connectivity index (χ2v) is 9.66. The Morgan fingerprint density at radius 1 is 1.24 bits per heavy atom. The molecule has 2 aliphatic carbocycles. The van der Waals surface area contributed by atoms with Gasteiger partial charge in [0.15, 0.2) is 11.6 Å². The predicted octanol–water partition coefficient (Wildman–Crippen LogP) is 3.23. The standard InChI is InChI=1S/C25H31FN6O2/c1-14-11-17(5-6-20(14)34-18-7-9-32(2)10-8-18)29-25-28-13-19(26)24(31-25)30-22-16-4-3-15(12-16)21(22)23(27)33/h3-6,11,13,15-16,18,21-22H,7-10,12H2,1-2H3,(H2,27,33)(H2,28,29,30,31)/t15-,16+,21+,22-/m1/s1. The first-order valence-electron chi connectivity index (χ1n) is 11.9. The molecule has 0 radical (unpaired) electrons. The van der Waals surface area contributed by atoms with Crippen LogP contribution in [0.15, 0.2) is 36.5 Å². The Balaban J connectivity index is 1.27. The Kier molecular flexibility index (Phi) is 6.12. The minimum atomic E-state index is -0.571. The van der Waals surface area contributed by atoms with E-state index >= 15 is 0 Å². The summed E-state index contributed by atoms with van der Waals surface area (Å²) in [6.45, 7) is 4.08. The monoisotopic (exact) mass is 466 g/mol. The Morgan fingerprint density at radius 3 is 2.74 bits per heavy atom. The number of nitrogens with one attached hydrogen (secondary N) is 2. The SMILES string of the molecule is Cc1cc(Nc2ncc(F)c(N[C@H]3[C@@H](C(N)=O)[C@@H]4C=C[C@H]3C4)n2)ccc1OC1CCN(C)CC1. The number of aromatic nitrogens is 2. The van der Waals surface area contributed by atoms with E-state index in [4.69, 9.17) is 10.5 Å². The second kappa shape index (κ2) is 9.21. The van der Waals surface area contributed by atoms with E-state index in [0.29, 0.717) is 0 Å². The van der Waals surface area contributed by atoms with E-state index in [1.54, 1.807) is 0 Å². The van der Waals surface area contributed by atoms with Crippen molar-refractivity contribution < 1.29 is 13.9 Å². The van der Waals surface area contributed by atoms with Crippen LogP contribution in [0.3, 0.4) is 0 Å². The molecule has 1 aromatic carbocycles. The number of halogens is 1. The topological polar surface area (TPSA) is 105 Å². The molecule has 9 heteroatoms. The van der Waals surface area contributed by atoms with Crippen molar-refractivity contribution >= 4 is 23.4 Å². The molecule has 1 aromatic heterocycles. The van der Waals surface area contributed by atoms with Gasteiger partial charge in [0.1, 0.15) is 11.9 Å². The van der Waals surface area contributed by atoms with Gasteiger partial charge in [-0.05, 0) is 68.8 Å². The lowest BCUT2D eigenvalue weighted by atomic mass is 9.88. The predicted molar refractivity (Wildman–Crippen MR) is 128 cm³/mol. The number of fused-ring (bicyclic) bond motifs is 2. The number of amides is 1. The van der Waals surface area contributed by atoms with Crippen LogP contribution in [-0.4, -0.2) is 53.1 Å². The van der Waals surface area contributed by atoms with Gasteiger partial charge in [0.25, 0.3) is 0 Å². The number of nitrogens with two attached hydrogens (primary N) is 1. The van der Waals surface area contributed by atoms with E-state index in [9.17, 15) is 9.18 Å². The van der Waals surface area contributed by atoms with Crippen molar-refractivity contribution in [1.29, 1.82) is 0 Å². The number of carbonyl (C=O) groups is 1. The van der Waals surface area contributed by atoms with E-state index in [-0.39, 0.29) is 47.6 Å². The van der Waals surface area contributed by atoms with Gasteiger partial charge >= 0.3 is 0 Å². The highest BCUT2D eigenvalue weighted by Crippen LogP contribution is 2.45. The summed E-state index contributed by atoms with van der Waals surface area (Å²) in [5.74, 6) is 0.104. The number of rotatable bonds is 7. The third kappa shape index (κ3) is 4.57. The molecule has 1 aliphatic heterocycles. The van der Waals surface area contributed by atoms with E-state index in [1.165, 1.54) is 0 Å². The van der Waals surface area contributed by atoms with Gasteiger partial charge in [-0.3, -0.25) is 4.79 Å². The first-order chi connectivity index (χ1) is 16.4. The van der Waals surface area contributed by atoms with Crippen molar-refractivity contribution in [2.75, 3.05) is 30.8 Å². The Labute approximate surface area is 198 Å². The molecule has 0 spiro atoms. The third-order valence-electron chi connectivity index (χ3n) is 7.23. The second-order valence-electron chi connectivity index (χ2n) is 9.66. The number of aryl methyl sites for hydroxylation is 1. The maximum Gasteiger partial charge on any atom is 0.229 e. The first kappa shape index (κ1) is 22.6. The van der Waals surface area contributed by atoms with Crippen LogP contribution in [0.2, 0.25) is 0 Å². The number of piperidine rings is 1. The molecule has 5 rings (SSSR count). The number of hydrogen-bond acceptors (Lipinski definition) is 7. The zero-order valence-electron chi connectivity index (χ0n) is 19.5. The summed E-state index contributed by atoms with van der Waals surface area (Å²) in [4.78, 5) is 22.7. The van der Waals surface area contributed by atoms with E-state index in [2.05, 4.69) is 38.6 Å². The van der Waals surface area contributed by atoms with Crippen molar-refractivity contribution in [3.63, 3.8) is 0 Å². The number of benzene rings is 1. The normalized spacial score (nSPS) is 26.6. The fraction of sp³-hybridized carbons (Fsp3) is 0.480. The number of allylic oxidation sites excluding steroid dienone is 1. The Bertz CT molecular complexity index is 1100. The molecule has 3 aliphatic rings. The smallest absolute Gasteiger partial charge is 0.229 e. The summed E-state index contributed by atoms with van der Waals surface area (Å²) in [7, 11) is 2.13. The average molecular weight is 467 g/mol. The zero-order valence-corrected chi connectivity index (χ0v) is 19.5. The quantitative estimate of drug-likeness (QED) is 0.538. The third-order valence-corrected chi connectivity index (χ3v) is 7.23. The Morgan fingerprint density at radius 2 is 2.00 bits per heavy atom. The Hall–Kier alpha value is -3.20. The minimum absolute atomic E-state index is 0.0636. The summed E-state index contributed by atoms with van der Waals surface area (Å²) in [6, 6.07) is 5.54. The first-order valence-corrected chi connectivity index (χ1v) is 11.9. The van der Waals surface area contributed by atoms with Gasteiger partial charge in [-0.2, -0.15) is 4.98 Å². The summed E-state index contributed by atoms with van der Waals surface area (Å²) in [5.41, 5.74) is 7.41. The van der Waals surface area contributed by atoms with Crippen LogP contribution in [0.5, 0.6) is 5.75 Å². The van der Waals surface area contributed by atoms with Gasteiger partial charge in [-0.25, -0.2) is 9.37 Å². The zero-order chi connectivity index (χ0) is 23.8. The van der Waals surface area contributed by atoms with Gasteiger partial charge in [0.2, 0.25) is 11.9 Å². The van der Waals surface area contributed by atoms with Gasteiger partial charge in [0, 0.05) is 24.8 Å². The molecule has 8 nitrogen and oxygen atoms in total. The van der Waals surface area contributed by atoms with Crippen molar-refractivity contribution in [1.82, 2.24) is 14.9 Å². The number of likely N-dealkylation sites (tertiary alicyclic amines) is 1. The summed E-state index contributed by atoms with van der Waals surface area (Å²) < 4.78 is 20.7. The molecule has 1 saturated heterocycles. The van der Waals surface area contributed by atoms with Crippen molar-refractivity contribution in [3.8, 4) is 5.75 Å². The molecular formula is C25H31FN6O2. The molecule has 1 saturated carbocycles. The number of primary amides is 1. The average Bonchev–Trinajstić information content (AvgIpc) is 3.41. The molecule has 1 amide bonds. The van der Waals surface area contributed by atoms with Crippen LogP contribution in [0.4, 0.5) is 21.8 Å². The van der Waals surface area contributed by atoms with Gasteiger partial charge in [-0.15, -0.1) is 0 Å². The lowest BCUT2D eigenvalue weighted by Gasteiger charge is -2.29. The molecule has 180 valence electrons. The van der Waals surface area contributed by atoms with Crippen LogP contribution in [-0.2, 0) is 4.79 Å². The molecular weight excluding hydrogens is 435 g/mol. The number of nitrogens with zero attached hydrogens (tertiary/aromatic N) is 3. The van der Waals surface area contributed by atoms with Crippen LogP contribution in [0.25, 0.3) is 0 Å². The fourth-order valence-electron chi connectivity index (χ4n) is 5.36. The summed E-state index contributed by atoms with van der Waals surface area (Å²) in [6.07, 6.45) is 8.34. The fourth-order valence-corrected chi connectivity index (χ4v) is 5.36.